The van der Waals surface area contributed by atoms with Gasteiger partial charge in [-0.25, -0.2) is 4.98 Å². The highest BCUT2D eigenvalue weighted by Gasteiger charge is 2.06. The second kappa shape index (κ2) is 10.7. The van der Waals surface area contributed by atoms with Gasteiger partial charge in [0, 0.05) is 26.7 Å². The zero-order valence-electron chi connectivity index (χ0n) is 16.1. The van der Waals surface area contributed by atoms with Crippen molar-refractivity contribution in [1.82, 2.24) is 20.2 Å². The minimum atomic E-state index is 0. The van der Waals surface area contributed by atoms with Gasteiger partial charge in [-0.15, -0.1) is 24.0 Å². The fourth-order valence-corrected chi connectivity index (χ4v) is 3.08. The third-order valence-electron chi connectivity index (χ3n) is 4.44. The lowest BCUT2D eigenvalue weighted by Gasteiger charge is -2.13. The molecule has 1 aromatic heterocycles. The second-order valence-electron chi connectivity index (χ2n) is 6.32. The minimum absolute atomic E-state index is 0. The summed E-state index contributed by atoms with van der Waals surface area (Å²) in [7, 11) is 1.76. The number of hydrogen-bond acceptors (Lipinski definition) is 3. The average Bonchev–Trinajstić information content (AvgIpc) is 3.02. The standard InChI is InChI=1S/C21H24N6.HI/c1-16-26-19-9-3-4-10-20(19)27(16)12-6-11-24-21(23-2)25-15-18-8-5-7-17(13-18)14-22;/h3-5,7-10,13H,6,11-12,15H2,1-2H3,(H2,23,24,25);1H. The number of rotatable bonds is 6. The number of aryl methyl sites for hydroxylation is 2. The first kappa shape index (κ1) is 21.7. The molecule has 0 fully saturated rings. The van der Waals surface area contributed by atoms with Crippen molar-refractivity contribution in [3.63, 3.8) is 0 Å². The summed E-state index contributed by atoms with van der Waals surface area (Å²) in [5.74, 6) is 1.79. The molecule has 3 aromatic rings. The maximum Gasteiger partial charge on any atom is 0.191 e. The Morgan fingerprint density at radius 2 is 2.00 bits per heavy atom. The highest BCUT2D eigenvalue weighted by atomic mass is 127. The molecule has 0 unspecified atom stereocenters. The monoisotopic (exact) mass is 488 g/mol. The number of nitrogens with zero attached hydrogens (tertiary/aromatic N) is 4. The van der Waals surface area contributed by atoms with Crippen molar-refractivity contribution in [3.05, 3.63) is 65.5 Å². The normalized spacial score (nSPS) is 11.0. The third-order valence-corrected chi connectivity index (χ3v) is 4.44. The fourth-order valence-electron chi connectivity index (χ4n) is 3.08. The Kier molecular flexibility index (Phi) is 8.26. The van der Waals surface area contributed by atoms with Crippen LogP contribution in [0.4, 0.5) is 0 Å². The second-order valence-corrected chi connectivity index (χ2v) is 6.32. The number of halogens is 1. The van der Waals surface area contributed by atoms with Gasteiger partial charge < -0.3 is 15.2 Å². The van der Waals surface area contributed by atoms with Gasteiger partial charge in [-0.3, -0.25) is 4.99 Å². The molecule has 0 aliphatic heterocycles. The quantitative estimate of drug-likeness (QED) is 0.241. The van der Waals surface area contributed by atoms with Gasteiger partial charge in [0.15, 0.2) is 5.96 Å². The van der Waals surface area contributed by atoms with Crippen molar-refractivity contribution in [2.24, 2.45) is 4.99 Å². The number of hydrogen-bond donors (Lipinski definition) is 2. The van der Waals surface area contributed by atoms with E-state index in [-0.39, 0.29) is 24.0 Å². The van der Waals surface area contributed by atoms with E-state index in [0.29, 0.717) is 12.1 Å². The number of aliphatic imine (C=N–C) groups is 1. The van der Waals surface area contributed by atoms with Crippen LogP contribution < -0.4 is 10.6 Å². The summed E-state index contributed by atoms with van der Waals surface area (Å²) in [6.45, 7) is 4.38. The van der Waals surface area contributed by atoms with Crippen LogP contribution in [-0.2, 0) is 13.1 Å². The van der Waals surface area contributed by atoms with Crippen molar-refractivity contribution in [3.8, 4) is 6.07 Å². The van der Waals surface area contributed by atoms with E-state index in [4.69, 9.17) is 5.26 Å². The van der Waals surface area contributed by atoms with E-state index >= 15 is 0 Å². The zero-order valence-corrected chi connectivity index (χ0v) is 18.5. The topological polar surface area (TPSA) is 78.0 Å². The lowest BCUT2D eigenvalue weighted by Crippen LogP contribution is -2.37. The summed E-state index contributed by atoms with van der Waals surface area (Å²) >= 11 is 0. The van der Waals surface area contributed by atoms with Crippen LogP contribution in [0.25, 0.3) is 11.0 Å². The van der Waals surface area contributed by atoms with Crippen molar-refractivity contribution in [1.29, 1.82) is 5.26 Å². The Morgan fingerprint density at radius 3 is 2.79 bits per heavy atom. The van der Waals surface area contributed by atoms with Crippen molar-refractivity contribution >= 4 is 41.0 Å². The summed E-state index contributed by atoms with van der Waals surface area (Å²) in [5, 5.41) is 15.6. The van der Waals surface area contributed by atoms with E-state index in [1.807, 2.05) is 43.3 Å². The van der Waals surface area contributed by atoms with Crippen LogP contribution in [0.1, 0.15) is 23.4 Å². The van der Waals surface area contributed by atoms with Crippen LogP contribution in [0, 0.1) is 18.3 Å². The van der Waals surface area contributed by atoms with E-state index in [1.165, 1.54) is 5.52 Å². The van der Waals surface area contributed by atoms with Gasteiger partial charge in [-0.2, -0.15) is 5.26 Å². The third kappa shape index (κ3) is 5.45. The Hall–Kier alpha value is -2.60. The van der Waals surface area contributed by atoms with Gasteiger partial charge in [-0.1, -0.05) is 24.3 Å². The molecule has 0 aliphatic rings. The van der Waals surface area contributed by atoms with E-state index in [1.54, 1.807) is 13.1 Å². The van der Waals surface area contributed by atoms with Crippen molar-refractivity contribution in [2.45, 2.75) is 26.4 Å². The highest BCUT2D eigenvalue weighted by Crippen LogP contribution is 2.15. The van der Waals surface area contributed by atoms with Crippen LogP contribution in [0.2, 0.25) is 0 Å². The van der Waals surface area contributed by atoms with Gasteiger partial charge in [-0.05, 0) is 43.2 Å². The number of fused-ring (bicyclic) bond motifs is 1. The van der Waals surface area contributed by atoms with Crippen LogP contribution >= 0.6 is 24.0 Å². The summed E-state index contributed by atoms with van der Waals surface area (Å²) < 4.78 is 2.25. The van der Waals surface area contributed by atoms with Crippen LogP contribution in [0.5, 0.6) is 0 Å². The molecule has 1 heterocycles. The van der Waals surface area contributed by atoms with Gasteiger partial charge in [0.2, 0.25) is 0 Å². The predicted molar refractivity (Wildman–Crippen MR) is 124 cm³/mol. The number of nitriles is 1. The van der Waals surface area contributed by atoms with E-state index < -0.39 is 0 Å². The van der Waals surface area contributed by atoms with Crippen LogP contribution in [0.3, 0.4) is 0 Å². The van der Waals surface area contributed by atoms with Gasteiger partial charge in [0.1, 0.15) is 5.82 Å². The van der Waals surface area contributed by atoms with Crippen molar-refractivity contribution in [2.75, 3.05) is 13.6 Å². The Labute approximate surface area is 182 Å². The smallest absolute Gasteiger partial charge is 0.191 e. The Bertz CT molecular complexity index is 986. The molecule has 146 valence electrons. The average molecular weight is 488 g/mol. The van der Waals surface area contributed by atoms with Gasteiger partial charge >= 0.3 is 0 Å². The molecular formula is C21H25IN6. The Morgan fingerprint density at radius 1 is 1.18 bits per heavy atom. The SMILES string of the molecule is CN=C(NCCCn1c(C)nc2ccccc21)NCc1cccc(C#N)c1.I. The molecular weight excluding hydrogens is 463 g/mol. The van der Waals surface area contributed by atoms with Crippen LogP contribution in [-0.4, -0.2) is 29.1 Å². The van der Waals surface area contributed by atoms with Gasteiger partial charge in [0.25, 0.3) is 0 Å². The molecule has 7 heteroatoms. The minimum Gasteiger partial charge on any atom is -0.356 e. The Balaban J connectivity index is 0.00000280. The maximum atomic E-state index is 8.98. The number of aromatic nitrogens is 2. The number of guanidine groups is 1. The van der Waals surface area contributed by atoms with Crippen molar-refractivity contribution < 1.29 is 0 Å². The lowest BCUT2D eigenvalue weighted by atomic mass is 10.1. The summed E-state index contributed by atoms with van der Waals surface area (Å²) in [4.78, 5) is 8.86. The van der Waals surface area contributed by atoms with Crippen LogP contribution in [0.15, 0.2) is 53.5 Å². The molecule has 3 rings (SSSR count). The number of para-hydroxylation sites is 2. The molecule has 2 N–H and O–H groups in total. The van der Waals surface area contributed by atoms with Gasteiger partial charge in [0.05, 0.1) is 22.7 Å². The first-order valence-corrected chi connectivity index (χ1v) is 9.06. The molecule has 0 saturated carbocycles. The summed E-state index contributed by atoms with van der Waals surface area (Å²) in [6, 6.07) is 18.0. The molecule has 0 bridgehead atoms. The predicted octanol–water partition coefficient (Wildman–Crippen LogP) is 3.59. The fraction of sp³-hybridized carbons (Fsp3) is 0.286. The van der Waals surface area contributed by atoms with E-state index in [0.717, 1.165) is 42.4 Å². The maximum absolute atomic E-state index is 8.98. The zero-order chi connectivity index (χ0) is 19.1. The molecule has 0 spiro atoms. The molecule has 2 aromatic carbocycles. The van der Waals surface area contributed by atoms with E-state index in [9.17, 15) is 0 Å². The first-order chi connectivity index (χ1) is 13.2. The first-order valence-electron chi connectivity index (χ1n) is 9.06. The molecule has 0 saturated heterocycles. The molecule has 0 amide bonds. The molecule has 6 nitrogen and oxygen atoms in total. The molecule has 0 aliphatic carbocycles. The molecule has 0 radical (unpaired) electrons. The summed E-state index contributed by atoms with van der Waals surface area (Å²) in [5.41, 5.74) is 3.94. The number of benzene rings is 2. The van der Waals surface area contributed by atoms with E-state index in [2.05, 4.69) is 37.3 Å². The molecule has 0 atom stereocenters. The summed E-state index contributed by atoms with van der Waals surface area (Å²) in [6.07, 6.45) is 0.964. The largest absolute Gasteiger partial charge is 0.356 e. The number of imidazole rings is 1. The number of nitrogens with one attached hydrogen (secondary N) is 2. The lowest BCUT2D eigenvalue weighted by molar-refractivity contribution is 0.624. The molecule has 28 heavy (non-hydrogen) atoms. The highest BCUT2D eigenvalue weighted by molar-refractivity contribution is 14.0.